The molecule has 7 heteroatoms. The standard InChI is InChI=1S/C20H23ClN2O3S/c1-15-18(21)12-7-13-19(15)23(14-20(24)22-16-8-5-6-9-16)27(25,26)17-10-3-2-4-11-17/h2-4,7,10-13,16H,5-6,8-9,14H2,1H3,(H,22,24). The largest absolute Gasteiger partial charge is 0.352 e. The first kappa shape index (κ1) is 19.7. The normalized spacial score (nSPS) is 14.9. The van der Waals surface area contributed by atoms with Crippen LogP contribution in [-0.2, 0) is 14.8 Å². The number of halogens is 1. The van der Waals surface area contributed by atoms with E-state index in [0.717, 1.165) is 30.0 Å². The summed E-state index contributed by atoms with van der Waals surface area (Å²) in [7, 11) is -3.91. The maximum absolute atomic E-state index is 13.3. The predicted molar refractivity (Wildman–Crippen MR) is 108 cm³/mol. The molecule has 0 saturated heterocycles. The van der Waals surface area contributed by atoms with Crippen LogP contribution in [-0.4, -0.2) is 26.9 Å². The van der Waals surface area contributed by atoms with Crippen LogP contribution >= 0.6 is 11.6 Å². The monoisotopic (exact) mass is 406 g/mol. The summed E-state index contributed by atoms with van der Waals surface area (Å²) < 4.78 is 27.7. The molecule has 0 atom stereocenters. The number of carbonyl (C=O) groups excluding carboxylic acids is 1. The molecule has 1 fully saturated rings. The SMILES string of the molecule is Cc1c(Cl)cccc1N(CC(=O)NC1CCCC1)S(=O)(=O)c1ccccc1. The number of carbonyl (C=O) groups is 1. The van der Waals surface area contributed by atoms with Crippen LogP contribution in [0.5, 0.6) is 0 Å². The van der Waals surface area contributed by atoms with Crippen LogP contribution in [0.1, 0.15) is 31.2 Å². The van der Waals surface area contributed by atoms with Crippen molar-refractivity contribution in [3.05, 3.63) is 59.1 Å². The highest BCUT2D eigenvalue weighted by atomic mass is 35.5. The molecular formula is C20H23ClN2O3S. The molecular weight excluding hydrogens is 384 g/mol. The highest BCUT2D eigenvalue weighted by Crippen LogP contribution is 2.30. The fourth-order valence-electron chi connectivity index (χ4n) is 3.36. The average Bonchev–Trinajstić information content (AvgIpc) is 3.16. The van der Waals surface area contributed by atoms with Crippen molar-refractivity contribution < 1.29 is 13.2 Å². The number of amides is 1. The molecule has 1 amide bonds. The van der Waals surface area contributed by atoms with Crippen molar-refractivity contribution in [2.75, 3.05) is 10.8 Å². The van der Waals surface area contributed by atoms with Crippen LogP contribution < -0.4 is 9.62 Å². The fraction of sp³-hybridized carbons (Fsp3) is 0.350. The number of nitrogens with zero attached hydrogens (tertiary/aromatic N) is 1. The Kier molecular flexibility index (Phi) is 6.07. The first-order valence-electron chi connectivity index (χ1n) is 9.02. The van der Waals surface area contributed by atoms with E-state index in [1.807, 2.05) is 0 Å². The minimum Gasteiger partial charge on any atom is -0.352 e. The number of sulfonamides is 1. The van der Waals surface area contributed by atoms with Gasteiger partial charge in [0.05, 0.1) is 10.6 Å². The van der Waals surface area contributed by atoms with E-state index in [0.29, 0.717) is 16.3 Å². The van der Waals surface area contributed by atoms with Gasteiger partial charge in [0.15, 0.2) is 0 Å². The maximum Gasteiger partial charge on any atom is 0.264 e. The van der Waals surface area contributed by atoms with Gasteiger partial charge in [-0.05, 0) is 49.6 Å². The third-order valence-electron chi connectivity index (χ3n) is 4.85. The molecule has 0 spiro atoms. The lowest BCUT2D eigenvalue weighted by Crippen LogP contribution is -2.44. The second kappa shape index (κ2) is 8.31. The number of benzene rings is 2. The molecule has 3 rings (SSSR count). The lowest BCUT2D eigenvalue weighted by atomic mass is 10.2. The van der Waals surface area contributed by atoms with Gasteiger partial charge in [-0.1, -0.05) is 48.7 Å². The zero-order chi connectivity index (χ0) is 19.4. The topological polar surface area (TPSA) is 66.5 Å². The minimum atomic E-state index is -3.91. The predicted octanol–water partition coefficient (Wildman–Crippen LogP) is 3.90. The number of anilines is 1. The Bertz CT molecular complexity index is 910. The Morgan fingerprint density at radius 3 is 2.44 bits per heavy atom. The van der Waals surface area contributed by atoms with E-state index in [1.54, 1.807) is 43.3 Å². The van der Waals surface area contributed by atoms with Gasteiger partial charge in [-0.3, -0.25) is 9.10 Å². The van der Waals surface area contributed by atoms with Crippen LogP contribution in [0.25, 0.3) is 0 Å². The summed E-state index contributed by atoms with van der Waals surface area (Å²) >= 11 is 6.21. The highest BCUT2D eigenvalue weighted by molar-refractivity contribution is 7.92. The van der Waals surface area contributed by atoms with Crippen LogP contribution in [0.4, 0.5) is 5.69 Å². The summed E-state index contributed by atoms with van der Waals surface area (Å²) in [5.41, 5.74) is 1.03. The maximum atomic E-state index is 13.3. The molecule has 0 aromatic heterocycles. The van der Waals surface area contributed by atoms with Gasteiger partial charge in [0.25, 0.3) is 10.0 Å². The lowest BCUT2D eigenvalue weighted by molar-refractivity contribution is -0.120. The summed E-state index contributed by atoms with van der Waals surface area (Å²) in [6.45, 7) is 1.47. The van der Waals surface area contributed by atoms with Crippen molar-refractivity contribution >= 4 is 33.2 Å². The quantitative estimate of drug-likeness (QED) is 0.791. The molecule has 5 nitrogen and oxygen atoms in total. The van der Waals surface area contributed by atoms with Gasteiger partial charge in [-0.15, -0.1) is 0 Å². The second-order valence-electron chi connectivity index (χ2n) is 6.76. The highest BCUT2D eigenvalue weighted by Gasteiger charge is 2.29. The molecule has 0 bridgehead atoms. The van der Waals surface area contributed by atoms with E-state index in [4.69, 9.17) is 11.6 Å². The van der Waals surface area contributed by atoms with Crippen molar-refractivity contribution in [2.24, 2.45) is 0 Å². The first-order valence-corrected chi connectivity index (χ1v) is 10.8. The fourth-order valence-corrected chi connectivity index (χ4v) is 5.03. The van der Waals surface area contributed by atoms with Crippen molar-refractivity contribution in [1.29, 1.82) is 0 Å². The smallest absolute Gasteiger partial charge is 0.264 e. The third kappa shape index (κ3) is 4.45. The number of rotatable bonds is 6. The Balaban J connectivity index is 1.96. The zero-order valence-corrected chi connectivity index (χ0v) is 16.8. The summed E-state index contributed by atoms with van der Waals surface area (Å²) in [5.74, 6) is -0.305. The Morgan fingerprint density at radius 2 is 1.78 bits per heavy atom. The molecule has 1 saturated carbocycles. The third-order valence-corrected chi connectivity index (χ3v) is 7.03. The molecule has 1 aliphatic carbocycles. The van der Waals surface area contributed by atoms with E-state index in [2.05, 4.69) is 5.32 Å². The van der Waals surface area contributed by atoms with Gasteiger partial charge in [-0.2, -0.15) is 0 Å². The van der Waals surface area contributed by atoms with Crippen LogP contribution in [0.15, 0.2) is 53.4 Å². The van der Waals surface area contributed by atoms with E-state index in [9.17, 15) is 13.2 Å². The Labute approximate surface area is 165 Å². The van der Waals surface area contributed by atoms with Crippen LogP contribution in [0.3, 0.4) is 0 Å². The van der Waals surface area contributed by atoms with Crippen molar-refractivity contribution in [1.82, 2.24) is 5.32 Å². The van der Waals surface area contributed by atoms with Crippen molar-refractivity contribution in [3.8, 4) is 0 Å². The van der Waals surface area contributed by atoms with Gasteiger partial charge in [0, 0.05) is 11.1 Å². The van der Waals surface area contributed by atoms with Crippen LogP contribution in [0.2, 0.25) is 5.02 Å². The summed E-state index contributed by atoms with van der Waals surface area (Å²) in [6.07, 6.45) is 4.05. The Hall–Kier alpha value is -2.05. The van der Waals surface area contributed by atoms with Gasteiger partial charge < -0.3 is 5.32 Å². The molecule has 1 N–H and O–H groups in total. The molecule has 0 radical (unpaired) electrons. The molecule has 27 heavy (non-hydrogen) atoms. The van der Waals surface area contributed by atoms with Gasteiger partial charge in [0.1, 0.15) is 6.54 Å². The molecule has 1 aliphatic rings. The van der Waals surface area contributed by atoms with E-state index in [1.165, 1.54) is 12.1 Å². The number of nitrogens with one attached hydrogen (secondary N) is 1. The molecule has 0 aliphatic heterocycles. The van der Waals surface area contributed by atoms with Gasteiger partial charge in [-0.25, -0.2) is 8.42 Å². The van der Waals surface area contributed by atoms with Crippen LogP contribution in [0, 0.1) is 6.92 Å². The van der Waals surface area contributed by atoms with E-state index in [-0.39, 0.29) is 23.4 Å². The molecule has 2 aromatic carbocycles. The molecule has 0 unspecified atom stereocenters. The number of hydrogen-bond acceptors (Lipinski definition) is 3. The second-order valence-corrected chi connectivity index (χ2v) is 9.03. The van der Waals surface area contributed by atoms with Gasteiger partial charge in [0.2, 0.25) is 5.91 Å². The molecule has 2 aromatic rings. The molecule has 0 heterocycles. The Morgan fingerprint density at radius 1 is 1.11 bits per heavy atom. The minimum absolute atomic E-state index is 0.124. The van der Waals surface area contributed by atoms with E-state index < -0.39 is 10.0 Å². The summed E-state index contributed by atoms with van der Waals surface area (Å²) in [4.78, 5) is 12.7. The van der Waals surface area contributed by atoms with Crippen molar-refractivity contribution in [3.63, 3.8) is 0 Å². The summed E-state index contributed by atoms with van der Waals surface area (Å²) in [6, 6.07) is 13.3. The summed E-state index contributed by atoms with van der Waals surface area (Å²) in [5, 5.41) is 3.41. The lowest BCUT2D eigenvalue weighted by Gasteiger charge is -2.26. The zero-order valence-electron chi connectivity index (χ0n) is 15.2. The van der Waals surface area contributed by atoms with E-state index >= 15 is 0 Å². The van der Waals surface area contributed by atoms with Crippen molar-refractivity contribution in [2.45, 2.75) is 43.5 Å². The van der Waals surface area contributed by atoms with Gasteiger partial charge >= 0.3 is 0 Å². The first-order chi connectivity index (χ1) is 12.9. The number of hydrogen-bond donors (Lipinski definition) is 1. The average molecular weight is 407 g/mol. The molecule has 144 valence electrons.